The molecule has 1 aliphatic carbocycles. The minimum Gasteiger partial charge on any atom is -0.482 e. The van der Waals surface area contributed by atoms with Gasteiger partial charge in [0.05, 0.1) is 11.7 Å². The molecule has 2 heterocycles. The molecule has 136 valence electrons. The lowest BCUT2D eigenvalue weighted by atomic mass is 9.91. The van der Waals surface area contributed by atoms with Crippen LogP contribution in [0.15, 0.2) is 42.5 Å². The Morgan fingerprint density at radius 1 is 1.19 bits per heavy atom. The van der Waals surface area contributed by atoms with E-state index in [1.54, 1.807) is 18.2 Å². The molecule has 6 heteroatoms. The molecular weight excluding hydrogens is 342 g/mol. The SMILES string of the molecule is O=C1COc2ccc(C(=O)NC3CCCc4c3[nH]c3ccccc43)cc2N1. The zero-order valence-corrected chi connectivity index (χ0v) is 14.7. The summed E-state index contributed by atoms with van der Waals surface area (Å²) in [4.78, 5) is 27.8. The normalized spacial score (nSPS) is 18.2. The number of ether oxygens (including phenoxy) is 1. The molecule has 2 aliphatic rings. The zero-order chi connectivity index (χ0) is 18.4. The van der Waals surface area contributed by atoms with Crippen LogP contribution in [0.3, 0.4) is 0 Å². The van der Waals surface area contributed by atoms with Crippen molar-refractivity contribution in [1.29, 1.82) is 0 Å². The molecule has 5 rings (SSSR count). The summed E-state index contributed by atoms with van der Waals surface area (Å²) >= 11 is 0. The Balaban J connectivity index is 1.42. The first-order chi connectivity index (χ1) is 13.2. The molecule has 1 aromatic heterocycles. The summed E-state index contributed by atoms with van der Waals surface area (Å²) in [6.45, 7) is 0.00375. The lowest BCUT2D eigenvalue weighted by Gasteiger charge is -2.24. The van der Waals surface area contributed by atoms with Crippen LogP contribution >= 0.6 is 0 Å². The smallest absolute Gasteiger partial charge is 0.262 e. The number of aryl methyl sites for hydroxylation is 1. The number of hydrogen-bond donors (Lipinski definition) is 3. The summed E-state index contributed by atoms with van der Waals surface area (Å²) in [5, 5.41) is 7.12. The van der Waals surface area contributed by atoms with Crippen molar-refractivity contribution < 1.29 is 14.3 Å². The first-order valence-corrected chi connectivity index (χ1v) is 9.16. The van der Waals surface area contributed by atoms with E-state index in [0.717, 1.165) is 30.5 Å². The molecule has 0 saturated carbocycles. The van der Waals surface area contributed by atoms with Crippen molar-refractivity contribution in [1.82, 2.24) is 10.3 Å². The van der Waals surface area contributed by atoms with Crippen LogP contribution in [0.2, 0.25) is 0 Å². The quantitative estimate of drug-likeness (QED) is 0.655. The van der Waals surface area contributed by atoms with Crippen LogP contribution in [0.4, 0.5) is 5.69 Å². The number of H-pyrrole nitrogens is 1. The van der Waals surface area contributed by atoms with E-state index in [-0.39, 0.29) is 24.5 Å². The maximum atomic E-state index is 12.8. The van der Waals surface area contributed by atoms with E-state index < -0.39 is 0 Å². The summed E-state index contributed by atoms with van der Waals surface area (Å²) in [5.74, 6) is 0.214. The Morgan fingerprint density at radius 2 is 2.07 bits per heavy atom. The highest BCUT2D eigenvalue weighted by molar-refractivity contribution is 6.00. The fourth-order valence-electron chi connectivity index (χ4n) is 4.03. The highest BCUT2D eigenvalue weighted by Gasteiger charge is 2.26. The molecule has 0 fully saturated rings. The molecular formula is C21H19N3O3. The van der Waals surface area contributed by atoms with E-state index in [0.29, 0.717) is 17.0 Å². The average Bonchev–Trinajstić information content (AvgIpc) is 3.07. The van der Waals surface area contributed by atoms with Gasteiger partial charge in [-0.15, -0.1) is 0 Å². The van der Waals surface area contributed by atoms with E-state index in [1.165, 1.54) is 10.9 Å². The number of anilines is 1. The number of amides is 2. The second-order valence-corrected chi connectivity index (χ2v) is 7.03. The summed E-state index contributed by atoms with van der Waals surface area (Å²) in [7, 11) is 0. The third kappa shape index (κ3) is 2.73. The Labute approximate surface area is 155 Å². The fraction of sp³-hybridized carbons (Fsp3) is 0.238. The molecule has 2 aromatic carbocycles. The molecule has 6 nitrogen and oxygen atoms in total. The molecule has 1 aliphatic heterocycles. The monoisotopic (exact) mass is 361 g/mol. The third-order valence-electron chi connectivity index (χ3n) is 5.29. The molecule has 0 radical (unpaired) electrons. The third-order valence-corrected chi connectivity index (χ3v) is 5.29. The Morgan fingerprint density at radius 3 is 3.00 bits per heavy atom. The summed E-state index contributed by atoms with van der Waals surface area (Å²) in [6.07, 6.45) is 2.96. The topological polar surface area (TPSA) is 83.2 Å². The second kappa shape index (κ2) is 6.16. The van der Waals surface area contributed by atoms with Gasteiger partial charge in [-0.05, 0) is 49.1 Å². The van der Waals surface area contributed by atoms with Crippen LogP contribution in [0.5, 0.6) is 5.75 Å². The second-order valence-electron chi connectivity index (χ2n) is 7.03. The largest absolute Gasteiger partial charge is 0.482 e. The van der Waals surface area contributed by atoms with Gasteiger partial charge in [0.25, 0.3) is 11.8 Å². The number of hydrogen-bond acceptors (Lipinski definition) is 3. The maximum absolute atomic E-state index is 12.8. The van der Waals surface area contributed by atoms with Gasteiger partial charge >= 0.3 is 0 Å². The van der Waals surface area contributed by atoms with E-state index in [1.807, 2.05) is 12.1 Å². The van der Waals surface area contributed by atoms with Gasteiger partial charge in [0.15, 0.2) is 6.61 Å². The van der Waals surface area contributed by atoms with Crippen molar-refractivity contribution in [3.05, 3.63) is 59.3 Å². The molecule has 3 aromatic rings. The number of carbonyl (C=O) groups excluding carboxylic acids is 2. The van der Waals surface area contributed by atoms with Crippen LogP contribution < -0.4 is 15.4 Å². The number of fused-ring (bicyclic) bond motifs is 4. The van der Waals surface area contributed by atoms with Crippen molar-refractivity contribution >= 4 is 28.4 Å². The van der Waals surface area contributed by atoms with E-state index in [2.05, 4.69) is 27.8 Å². The van der Waals surface area contributed by atoms with Crippen molar-refractivity contribution in [3.63, 3.8) is 0 Å². The van der Waals surface area contributed by atoms with Crippen LogP contribution in [-0.2, 0) is 11.2 Å². The fourth-order valence-corrected chi connectivity index (χ4v) is 4.03. The van der Waals surface area contributed by atoms with E-state index in [9.17, 15) is 9.59 Å². The summed E-state index contributed by atoms with van der Waals surface area (Å²) in [6, 6.07) is 13.3. The van der Waals surface area contributed by atoms with E-state index in [4.69, 9.17) is 4.74 Å². The number of rotatable bonds is 2. The van der Waals surface area contributed by atoms with Crippen LogP contribution in [0, 0.1) is 0 Å². The zero-order valence-electron chi connectivity index (χ0n) is 14.7. The number of benzene rings is 2. The molecule has 0 saturated heterocycles. The van der Waals surface area contributed by atoms with Crippen molar-refractivity contribution in [2.24, 2.45) is 0 Å². The van der Waals surface area contributed by atoms with Crippen LogP contribution in [0.25, 0.3) is 10.9 Å². The first-order valence-electron chi connectivity index (χ1n) is 9.16. The first kappa shape index (κ1) is 15.9. The molecule has 0 spiro atoms. The Kier molecular flexibility index (Phi) is 3.63. The highest BCUT2D eigenvalue weighted by atomic mass is 16.5. The summed E-state index contributed by atoms with van der Waals surface area (Å²) in [5.41, 5.74) is 4.55. The van der Waals surface area contributed by atoms with Crippen LogP contribution in [0.1, 0.15) is 40.5 Å². The number of aromatic amines is 1. The molecule has 3 N–H and O–H groups in total. The molecule has 27 heavy (non-hydrogen) atoms. The standard InChI is InChI=1S/C21H19N3O3/c25-19-11-27-18-9-8-12(10-17(18)22-19)21(26)24-16-7-3-5-14-13-4-1-2-6-15(13)23-20(14)16/h1-2,4,6,8-10,16,23H,3,5,7,11H2,(H,22,25)(H,24,26). The predicted octanol–water partition coefficient (Wildman–Crippen LogP) is 3.31. The molecule has 2 amide bonds. The van der Waals surface area contributed by atoms with Gasteiger partial charge in [0, 0.05) is 22.2 Å². The van der Waals surface area contributed by atoms with Gasteiger partial charge in [0.1, 0.15) is 5.75 Å². The minimum absolute atomic E-state index is 0.00375. The van der Waals surface area contributed by atoms with Crippen LogP contribution in [-0.4, -0.2) is 23.4 Å². The minimum atomic E-state index is -0.213. The average molecular weight is 361 g/mol. The number of aromatic nitrogens is 1. The van der Waals surface area contributed by atoms with E-state index >= 15 is 0 Å². The number of para-hydroxylation sites is 1. The predicted molar refractivity (Wildman–Crippen MR) is 102 cm³/mol. The van der Waals surface area contributed by atoms with Crippen molar-refractivity contribution in [3.8, 4) is 5.75 Å². The number of carbonyl (C=O) groups is 2. The molecule has 1 atom stereocenters. The lowest BCUT2D eigenvalue weighted by Crippen LogP contribution is -2.31. The number of nitrogens with one attached hydrogen (secondary N) is 3. The highest BCUT2D eigenvalue weighted by Crippen LogP contribution is 2.35. The van der Waals surface area contributed by atoms with Gasteiger partial charge in [-0.1, -0.05) is 18.2 Å². The molecule has 0 bridgehead atoms. The maximum Gasteiger partial charge on any atom is 0.262 e. The Hall–Kier alpha value is -3.28. The van der Waals surface area contributed by atoms with Gasteiger partial charge in [0.2, 0.25) is 0 Å². The molecule has 1 unspecified atom stereocenters. The van der Waals surface area contributed by atoms with Gasteiger partial charge < -0.3 is 20.4 Å². The lowest BCUT2D eigenvalue weighted by molar-refractivity contribution is -0.118. The summed E-state index contributed by atoms with van der Waals surface area (Å²) < 4.78 is 5.35. The van der Waals surface area contributed by atoms with Gasteiger partial charge in [-0.25, -0.2) is 0 Å². The van der Waals surface area contributed by atoms with Gasteiger partial charge in [-0.3, -0.25) is 9.59 Å². The Bertz CT molecular complexity index is 1070. The van der Waals surface area contributed by atoms with Crippen molar-refractivity contribution in [2.75, 3.05) is 11.9 Å². The van der Waals surface area contributed by atoms with Crippen molar-refractivity contribution in [2.45, 2.75) is 25.3 Å². The van der Waals surface area contributed by atoms with Gasteiger partial charge in [-0.2, -0.15) is 0 Å².